The fourth-order valence-electron chi connectivity index (χ4n) is 2.32. The summed E-state index contributed by atoms with van der Waals surface area (Å²) in [5.41, 5.74) is 2.22. The summed E-state index contributed by atoms with van der Waals surface area (Å²) in [6, 6.07) is 14.4. The molecule has 1 atom stereocenters. The van der Waals surface area contributed by atoms with E-state index in [0.717, 1.165) is 11.3 Å². The number of rotatable bonds is 2. The Morgan fingerprint density at radius 3 is 2.80 bits per heavy atom. The fraction of sp³-hybridized carbons (Fsp3) is 0.0714. The Morgan fingerprint density at radius 1 is 1.10 bits per heavy atom. The molecule has 6 heteroatoms. The van der Waals surface area contributed by atoms with Gasteiger partial charge in [-0.2, -0.15) is 4.68 Å². The van der Waals surface area contributed by atoms with Gasteiger partial charge in [0.15, 0.2) is 0 Å². The third kappa shape index (κ3) is 1.81. The third-order valence-electron chi connectivity index (χ3n) is 3.26. The molecule has 0 aliphatic carbocycles. The number of thiophene rings is 1. The van der Waals surface area contributed by atoms with Gasteiger partial charge < -0.3 is 5.32 Å². The smallest absolute Gasteiger partial charge is 0.248 e. The number of nitrogens with one attached hydrogen (secondary N) is 1. The van der Waals surface area contributed by atoms with Crippen LogP contribution >= 0.6 is 11.3 Å². The summed E-state index contributed by atoms with van der Waals surface area (Å²) >= 11 is 1.70. The molecule has 0 radical (unpaired) electrons. The highest BCUT2D eigenvalue weighted by atomic mass is 32.1. The van der Waals surface area contributed by atoms with Crippen molar-refractivity contribution in [1.82, 2.24) is 20.2 Å². The van der Waals surface area contributed by atoms with Crippen LogP contribution in [-0.2, 0) is 0 Å². The highest BCUT2D eigenvalue weighted by Gasteiger charge is 2.24. The average Bonchev–Trinajstić information content (AvgIpc) is 3.18. The molecule has 4 rings (SSSR count). The number of benzene rings is 1. The van der Waals surface area contributed by atoms with Crippen molar-refractivity contribution in [2.75, 3.05) is 5.32 Å². The lowest BCUT2D eigenvalue weighted by Gasteiger charge is -2.22. The van der Waals surface area contributed by atoms with Gasteiger partial charge in [0, 0.05) is 0 Å². The van der Waals surface area contributed by atoms with Crippen LogP contribution in [0.5, 0.6) is 0 Å². The minimum Gasteiger partial charge on any atom is -0.322 e. The first kappa shape index (κ1) is 11.4. The summed E-state index contributed by atoms with van der Waals surface area (Å²) in [4.78, 5) is 1.18. The van der Waals surface area contributed by atoms with E-state index < -0.39 is 0 Å². The maximum Gasteiger partial charge on any atom is 0.248 e. The van der Waals surface area contributed by atoms with Gasteiger partial charge in [-0.05, 0) is 33.5 Å². The molecule has 3 heterocycles. The van der Waals surface area contributed by atoms with Crippen molar-refractivity contribution in [2.45, 2.75) is 6.04 Å². The molecular formula is C14H11N5S. The largest absolute Gasteiger partial charge is 0.322 e. The number of aromatic nitrogens is 4. The van der Waals surface area contributed by atoms with E-state index in [4.69, 9.17) is 0 Å². The SMILES string of the molecule is C1=C(c2cccs2)Nc2nnnn2C1c1ccccc1. The molecule has 1 aromatic carbocycles. The quantitative estimate of drug-likeness (QED) is 0.784. The Labute approximate surface area is 119 Å². The predicted octanol–water partition coefficient (Wildman–Crippen LogP) is 2.79. The zero-order chi connectivity index (χ0) is 13.4. The van der Waals surface area contributed by atoms with Crippen LogP contribution in [0.1, 0.15) is 16.5 Å². The molecule has 20 heavy (non-hydrogen) atoms. The molecule has 0 saturated heterocycles. The van der Waals surface area contributed by atoms with Crippen molar-refractivity contribution in [3.05, 3.63) is 64.4 Å². The summed E-state index contributed by atoms with van der Waals surface area (Å²) < 4.78 is 1.80. The summed E-state index contributed by atoms with van der Waals surface area (Å²) in [6.45, 7) is 0. The molecular weight excluding hydrogens is 270 g/mol. The van der Waals surface area contributed by atoms with Gasteiger partial charge in [-0.1, -0.05) is 41.5 Å². The molecule has 0 fully saturated rings. The molecule has 2 aromatic heterocycles. The number of allylic oxidation sites excluding steroid dienone is 1. The number of nitrogens with zero attached hydrogens (tertiary/aromatic N) is 4. The van der Waals surface area contributed by atoms with Gasteiger partial charge in [-0.3, -0.25) is 0 Å². The lowest BCUT2D eigenvalue weighted by molar-refractivity contribution is 0.586. The van der Waals surface area contributed by atoms with Crippen LogP contribution in [0.25, 0.3) is 5.70 Å². The Morgan fingerprint density at radius 2 is 2.00 bits per heavy atom. The van der Waals surface area contributed by atoms with Crippen LogP contribution in [0.3, 0.4) is 0 Å². The second kappa shape index (κ2) is 4.57. The van der Waals surface area contributed by atoms with Crippen LogP contribution in [0.4, 0.5) is 5.95 Å². The van der Waals surface area contributed by atoms with E-state index in [0.29, 0.717) is 5.95 Å². The fourth-order valence-corrected chi connectivity index (χ4v) is 3.02. The highest BCUT2D eigenvalue weighted by Crippen LogP contribution is 2.32. The summed E-state index contributed by atoms with van der Waals surface area (Å²) in [5, 5.41) is 17.2. The number of hydrogen-bond acceptors (Lipinski definition) is 5. The van der Waals surface area contributed by atoms with Crippen molar-refractivity contribution in [3.63, 3.8) is 0 Å². The van der Waals surface area contributed by atoms with E-state index in [1.807, 2.05) is 24.3 Å². The number of tetrazole rings is 1. The van der Waals surface area contributed by atoms with Gasteiger partial charge >= 0.3 is 0 Å². The number of fused-ring (bicyclic) bond motifs is 1. The second-order valence-corrected chi connectivity index (χ2v) is 5.43. The molecule has 1 aliphatic heterocycles. The first-order valence-corrected chi connectivity index (χ1v) is 7.15. The van der Waals surface area contributed by atoms with Crippen molar-refractivity contribution < 1.29 is 0 Å². The Bertz CT molecular complexity index is 745. The molecule has 1 aliphatic rings. The number of hydrogen-bond donors (Lipinski definition) is 1. The molecule has 1 unspecified atom stereocenters. The van der Waals surface area contributed by atoms with Crippen molar-refractivity contribution in [1.29, 1.82) is 0 Å². The van der Waals surface area contributed by atoms with E-state index in [1.165, 1.54) is 4.88 Å². The molecule has 0 spiro atoms. The molecule has 5 nitrogen and oxygen atoms in total. The van der Waals surface area contributed by atoms with Crippen molar-refractivity contribution in [3.8, 4) is 0 Å². The highest BCUT2D eigenvalue weighted by molar-refractivity contribution is 7.11. The lowest BCUT2D eigenvalue weighted by atomic mass is 10.0. The molecule has 0 saturated carbocycles. The summed E-state index contributed by atoms with van der Waals surface area (Å²) in [6.07, 6.45) is 2.16. The molecule has 1 N–H and O–H groups in total. The van der Waals surface area contributed by atoms with Gasteiger partial charge in [0.2, 0.25) is 5.95 Å². The molecule has 98 valence electrons. The van der Waals surface area contributed by atoms with E-state index in [9.17, 15) is 0 Å². The summed E-state index contributed by atoms with van der Waals surface area (Å²) in [5.74, 6) is 0.671. The maximum absolute atomic E-state index is 4.08. The van der Waals surface area contributed by atoms with Gasteiger partial charge in [-0.15, -0.1) is 11.3 Å². The standard InChI is InChI=1S/C14H11N5S/c1-2-5-10(6-3-1)12-9-11(13-7-4-8-20-13)15-14-16-17-18-19(12)14/h1-9,12H,(H,15,16,18). The molecule has 3 aromatic rings. The van der Waals surface area contributed by atoms with E-state index in [1.54, 1.807) is 16.0 Å². The van der Waals surface area contributed by atoms with E-state index in [-0.39, 0.29) is 6.04 Å². The van der Waals surface area contributed by atoms with Crippen LogP contribution in [0.2, 0.25) is 0 Å². The minimum atomic E-state index is 0.0135. The first-order valence-electron chi connectivity index (χ1n) is 6.27. The maximum atomic E-state index is 4.08. The van der Waals surface area contributed by atoms with Gasteiger partial charge in [0.1, 0.15) is 6.04 Å². The third-order valence-corrected chi connectivity index (χ3v) is 4.16. The van der Waals surface area contributed by atoms with Crippen molar-refractivity contribution in [2.24, 2.45) is 0 Å². The monoisotopic (exact) mass is 281 g/mol. The van der Waals surface area contributed by atoms with Crippen molar-refractivity contribution >= 4 is 23.0 Å². The van der Waals surface area contributed by atoms with Crippen LogP contribution < -0.4 is 5.32 Å². The predicted molar refractivity (Wildman–Crippen MR) is 78.3 cm³/mol. The zero-order valence-corrected chi connectivity index (χ0v) is 11.3. The summed E-state index contributed by atoms with van der Waals surface area (Å²) in [7, 11) is 0. The number of anilines is 1. The van der Waals surface area contributed by atoms with Crippen LogP contribution in [-0.4, -0.2) is 20.2 Å². The normalized spacial score (nSPS) is 17.2. The molecule has 0 amide bonds. The van der Waals surface area contributed by atoms with E-state index >= 15 is 0 Å². The van der Waals surface area contributed by atoms with Crippen LogP contribution in [0, 0.1) is 0 Å². The minimum absolute atomic E-state index is 0.0135. The van der Waals surface area contributed by atoms with E-state index in [2.05, 4.69) is 50.5 Å². The van der Waals surface area contributed by atoms with Crippen LogP contribution in [0.15, 0.2) is 53.9 Å². The van der Waals surface area contributed by atoms with Gasteiger partial charge in [0.05, 0.1) is 10.6 Å². The first-order chi connectivity index (χ1) is 9.92. The lowest BCUT2D eigenvalue weighted by Crippen LogP contribution is -2.19. The molecule has 0 bridgehead atoms. The van der Waals surface area contributed by atoms with Gasteiger partial charge in [-0.25, -0.2) is 0 Å². The Kier molecular flexibility index (Phi) is 2.60. The second-order valence-electron chi connectivity index (χ2n) is 4.49. The topological polar surface area (TPSA) is 55.6 Å². The Balaban J connectivity index is 1.84. The average molecular weight is 281 g/mol. The zero-order valence-electron chi connectivity index (χ0n) is 10.5. The Hall–Kier alpha value is -2.47. The van der Waals surface area contributed by atoms with Gasteiger partial charge in [0.25, 0.3) is 0 Å².